The van der Waals surface area contributed by atoms with E-state index in [-0.39, 0.29) is 12.4 Å². The van der Waals surface area contributed by atoms with Crippen molar-refractivity contribution in [2.75, 3.05) is 13.1 Å². The number of hydrogen-bond donors (Lipinski definition) is 1. The molecule has 0 aromatic heterocycles. The summed E-state index contributed by atoms with van der Waals surface area (Å²) in [4.78, 5) is 0. The molecule has 1 saturated heterocycles. The second-order valence-corrected chi connectivity index (χ2v) is 5.26. The molecule has 0 unspecified atom stereocenters. The first-order chi connectivity index (χ1) is 7.33. The molecule has 1 saturated carbocycles. The molecule has 0 spiro atoms. The summed E-state index contributed by atoms with van der Waals surface area (Å²) in [6.07, 6.45) is 2.81. The summed E-state index contributed by atoms with van der Waals surface area (Å²) in [7, 11) is 0. The minimum absolute atomic E-state index is 0. The molecular formula is C14H20ClN. The Morgan fingerprint density at radius 2 is 1.81 bits per heavy atom. The van der Waals surface area contributed by atoms with Crippen molar-refractivity contribution in [3.63, 3.8) is 0 Å². The Morgan fingerprint density at radius 3 is 2.44 bits per heavy atom. The van der Waals surface area contributed by atoms with E-state index in [4.69, 9.17) is 0 Å². The maximum Gasteiger partial charge on any atom is -0.00171 e. The summed E-state index contributed by atoms with van der Waals surface area (Å²) in [6.45, 7) is 4.71. The standard InChI is InChI=1S/C14H19N.ClH/c1-10-3-2-4-11(5-10)12-6-13-8-15-9-14(13)7-12;/h2-5,12-15H,6-9H2,1H3;1H/t13-,14-;/m0./s1. The van der Waals surface area contributed by atoms with Crippen molar-refractivity contribution in [3.05, 3.63) is 35.4 Å². The van der Waals surface area contributed by atoms with Gasteiger partial charge in [-0.05, 0) is 56.2 Å². The Hall–Kier alpha value is -0.530. The van der Waals surface area contributed by atoms with Gasteiger partial charge in [0.05, 0.1) is 0 Å². The zero-order chi connectivity index (χ0) is 10.3. The first-order valence-electron chi connectivity index (χ1n) is 6.10. The maximum atomic E-state index is 3.51. The van der Waals surface area contributed by atoms with Crippen LogP contribution in [0.1, 0.15) is 29.9 Å². The van der Waals surface area contributed by atoms with Gasteiger partial charge in [-0.1, -0.05) is 29.8 Å². The van der Waals surface area contributed by atoms with Gasteiger partial charge in [-0.2, -0.15) is 0 Å². The van der Waals surface area contributed by atoms with Gasteiger partial charge in [0.2, 0.25) is 0 Å². The first kappa shape index (κ1) is 11.9. The third kappa shape index (κ3) is 2.11. The average molecular weight is 238 g/mol. The molecule has 88 valence electrons. The highest BCUT2D eigenvalue weighted by Gasteiger charge is 2.37. The van der Waals surface area contributed by atoms with Gasteiger partial charge in [-0.3, -0.25) is 0 Å². The molecule has 16 heavy (non-hydrogen) atoms. The number of aryl methyl sites for hydroxylation is 1. The van der Waals surface area contributed by atoms with Gasteiger partial charge in [-0.15, -0.1) is 12.4 Å². The molecule has 0 bridgehead atoms. The molecule has 1 nitrogen and oxygen atoms in total. The molecular weight excluding hydrogens is 218 g/mol. The Morgan fingerprint density at radius 1 is 1.12 bits per heavy atom. The van der Waals surface area contributed by atoms with Gasteiger partial charge >= 0.3 is 0 Å². The Labute approximate surface area is 104 Å². The highest BCUT2D eigenvalue weighted by molar-refractivity contribution is 5.85. The summed E-state index contributed by atoms with van der Waals surface area (Å²) >= 11 is 0. The van der Waals surface area contributed by atoms with Crippen LogP contribution in [0.25, 0.3) is 0 Å². The smallest absolute Gasteiger partial charge is 0.00171 e. The first-order valence-corrected chi connectivity index (χ1v) is 6.10. The van der Waals surface area contributed by atoms with Crippen LogP contribution in [0.15, 0.2) is 24.3 Å². The topological polar surface area (TPSA) is 12.0 Å². The van der Waals surface area contributed by atoms with Crippen molar-refractivity contribution < 1.29 is 0 Å². The van der Waals surface area contributed by atoms with E-state index in [0.717, 1.165) is 17.8 Å². The second kappa shape index (κ2) is 4.77. The van der Waals surface area contributed by atoms with Crippen molar-refractivity contribution in [3.8, 4) is 0 Å². The molecule has 2 aliphatic rings. The normalized spacial score (nSPS) is 28.8. The number of fused-ring (bicyclic) bond motifs is 1. The highest BCUT2D eigenvalue weighted by atomic mass is 35.5. The van der Waals surface area contributed by atoms with Crippen LogP contribution in [-0.4, -0.2) is 13.1 Å². The lowest BCUT2D eigenvalue weighted by Gasteiger charge is -2.12. The van der Waals surface area contributed by atoms with Gasteiger partial charge in [0.25, 0.3) is 0 Å². The van der Waals surface area contributed by atoms with Crippen LogP contribution in [0.3, 0.4) is 0 Å². The van der Waals surface area contributed by atoms with Crippen molar-refractivity contribution in [1.29, 1.82) is 0 Å². The molecule has 0 radical (unpaired) electrons. The lowest BCUT2D eigenvalue weighted by atomic mass is 9.95. The average Bonchev–Trinajstić information content (AvgIpc) is 2.76. The zero-order valence-corrected chi connectivity index (χ0v) is 10.6. The molecule has 2 heteroatoms. The van der Waals surface area contributed by atoms with Crippen LogP contribution in [0, 0.1) is 18.8 Å². The lowest BCUT2D eigenvalue weighted by Crippen LogP contribution is -2.11. The van der Waals surface area contributed by atoms with E-state index in [2.05, 4.69) is 36.5 Å². The summed E-state index contributed by atoms with van der Waals surface area (Å²) < 4.78 is 0. The number of hydrogen-bond acceptors (Lipinski definition) is 1. The Balaban J connectivity index is 0.000000963. The molecule has 1 heterocycles. The number of rotatable bonds is 1. The highest BCUT2D eigenvalue weighted by Crippen LogP contribution is 2.43. The molecule has 1 aliphatic heterocycles. The minimum atomic E-state index is 0. The minimum Gasteiger partial charge on any atom is -0.316 e. The van der Waals surface area contributed by atoms with Crippen LogP contribution in [0.2, 0.25) is 0 Å². The number of nitrogens with one attached hydrogen (secondary N) is 1. The molecule has 0 amide bonds. The zero-order valence-electron chi connectivity index (χ0n) is 9.78. The summed E-state index contributed by atoms with van der Waals surface area (Å²) in [6, 6.07) is 9.09. The SMILES string of the molecule is Cc1cccc(C2C[C@H]3CNC[C@@H]3C2)c1.Cl. The molecule has 1 aliphatic carbocycles. The van der Waals surface area contributed by atoms with Crippen LogP contribution in [-0.2, 0) is 0 Å². The van der Waals surface area contributed by atoms with Crippen LogP contribution >= 0.6 is 12.4 Å². The molecule has 2 fully saturated rings. The molecule has 1 N–H and O–H groups in total. The lowest BCUT2D eigenvalue weighted by molar-refractivity contribution is 0.494. The van der Waals surface area contributed by atoms with Crippen molar-refractivity contribution in [2.45, 2.75) is 25.7 Å². The van der Waals surface area contributed by atoms with Crippen LogP contribution in [0.5, 0.6) is 0 Å². The molecule has 1 aromatic carbocycles. The fourth-order valence-corrected chi connectivity index (χ4v) is 3.36. The van der Waals surface area contributed by atoms with E-state index in [1.807, 2.05) is 0 Å². The van der Waals surface area contributed by atoms with Crippen molar-refractivity contribution in [1.82, 2.24) is 5.32 Å². The van der Waals surface area contributed by atoms with Crippen molar-refractivity contribution in [2.24, 2.45) is 11.8 Å². The van der Waals surface area contributed by atoms with E-state index in [9.17, 15) is 0 Å². The van der Waals surface area contributed by atoms with Gasteiger partial charge < -0.3 is 5.32 Å². The monoisotopic (exact) mass is 237 g/mol. The van der Waals surface area contributed by atoms with E-state index in [0.29, 0.717) is 0 Å². The van der Waals surface area contributed by atoms with E-state index < -0.39 is 0 Å². The third-order valence-corrected chi connectivity index (χ3v) is 4.17. The van der Waals surface area contributed by atoms with Gasteiger partial charge in [0.15, 0.2) is 0 Å². The van der Waals surface area contributed by atoms with Crippen molar-refractivity contribution >= 4 is 12.4 Å². The predicted octanol–water partition coefficient (Wildman–Crippen LogP) is 3.13. The molecule has 2 atom stereocenters. The Bertz CT molecular complexity index is 352. The number of halogens is 1. The van der Waals surface area contributed by atoms with E-state index in [1.165, 1.54) is 31.5 Å². The Kier molecular flexibility index (Phi) is 3.56. The van der Waals surface area contributed by atoms with Crippen LogP contribution in [0.4, 0.5) is 0 Å². The predicted molar refractivity (Wildman–Crippen MR) is 70.3 cm³/mol. The van der Waals surface area contributed by atoms with Crippen LogP contribution < -0.4 is 5.32 Å². The fourth-order valence-electron chi connectivity index (χ4n) is 3.36. The van der Waals surface area contributed by atoms with E-state index in [1.54, 1.807) is 5.56 Å². The molecule has 1 aromatic rings. The van der Waals surface area contributed by atoms with Gasteiger partial charge in [0, 0.05) is 0 Å². The third-order valence-electron chi connectivity index (χ3n) is 4.17. The fraction of sp³-hybridized carbons (Fsp3) is 0.571. The quantitative estimate of drug-likeness (QED) is 0.792. The molecule has 3 rings (SSSR count). The summed E-state index contributed by atoms with van der Waals surface area (Å²) in [5.74, 6) is 2.74. The second-order valence-electron chi connectivity index (χ2n) is 5.26. The maximum absolute atomic E-state index is 3.51. The summed E-state index contributed by atoms with van der Waals surface area (Å²) in [5.41, 5.74) is 2.98. The van der Waals surface area contributed by atoms with E-state index >= 15 is 0 Å². The largest absolute Gasteiger partial charge is 0.316 e. The van der Waals surface area contributed by atoms with Gasteiger partial charge in [-0.25, -0.2) is 0 Å². The van der Waals surface area contributed by atoms with Gasteiger partial charge in [0.1, 0.15) is 0 Å². The summed E-state index contributed by atoms with van der Waals surface area (Å²) in [5, 5.41) is 3.51. The number of benzene rings is 1.